The van der Waals surface area contributed by atoms with Crippen molar-refractivity contribution in [3.05, 3.63) is 64.5 Å². The monoisotopic (exact) mass is 421 g/mol. The van der Waals surface area contributed by atoms with E-state index in [9.17, 15) is 4.79 Å². The van der Waals surface area contributed by atoms with Crippen LogP contribution in [0.15, 0.2) is 57.9 Å². The van der Waals surface area contributed by atoms with Gasteiger partial charge in [0, 0.05) is 15.5 Å². The number of aromatic nitrogens is 2. The van der Waals surface area contributed by atoms with Gasteiger partial charge in [-0.15, -0.1) is 11.8 Å². The first-order valence-corrected chi connectivity index (χ1v) is 9.97. The molecule has 3 aromatic rings. The summed E-state index contributed by atoms with van der Waals surface area (Å²) in [5, 5.41) is 7.76. The predicted molar refractivity (Wildman–Crippen MR) is 108 cm³/mol. The van der Waals surface area contributed by atoms with Crippen molar-refractivity contribution in [1.29, 1.82) is 0 Å². The van der Waals surface area contributed by atoms with Gasteiger partial charge in [0.1, 0.15) is 0 Å². The van der Waals surface area contributed by atoms with Gasteiger partial charge in [0.05, 0.1) is 16.8 Å². The lowest BCUT2D eigenvalue weighted by Crippen LogP contribution is -2.31. The Kier molecular flexibility index (Phi) is 6.77. The molecular formula is C19H17Cl2N3O2S. The van der Waals surface area contributed by atoms with E-state index in [0.29, 0.717) is 33.7 Å². The van der Waals surface area contributed by atoms with Gasteiger partial charge >= 0.3 is 0 Å². The Morgan fingerprint density at radius 3 is 2.63 bits per heavy atom. The minimum atomic E-state index is -0.225. The van der Waals surface area contributed by atoms with Crippen LogP contribution in [-0.2, 0) is 11.3 Å². The van der Waals surface area contributed by atoms with Crippen molar-refractivity contribution in [2.24, 2.45) is 0 Å². The minimum Gasteiger partial charge on any atom is -0.346 e. The zero-order valence-corrected chi connectivity index (χ0v) is 16.8. The minimum absolute atomic E-state index is 0.0880. The molecule has 1 aromatic heterocycles. The molecule has 1 heterocycles. The molecule has 140 valence electrons. The van der Waals surface area contributed by atoms with Crippen LogP contribution in [0.2, 0.25) is 10.0 Å². The Labute approximate surface area is 171 Å². The summed E-state index contributed by atoms with van der Waals surface area (Å²) in [6.45, 7) is 2.13. The molecule has 0 aliphatic carbocycles. The third-order valence-electron chi connectivity index (χ3n) is 3.75. The number of halogens is 2. The molecule has 0 radical (unpaired) electrons. The number of rotatable bonds is 7. The van der Waals surface area contributed by atoms with Gasteiger partial charge < -0.3 is 9.84 Å². The second-order valence-electron chi connectivity index (χ2n) is 5.68. The van der Waals surface area contributed by atoms with Crippen LogP contribution in [0, 0.1) is 0 Å². The number of nitrogens with one attached hydrogen (secondary N) is 1. The zero-order valence-electron chi connectivity index (χ0n) is 14.5. The first kappa shape index (κ1) is 19.7. The molecule has 1 N–H and O–H groups in total. The molecule has 0 saturated heterocycles. The Bertz CT molecular complexity index is 915. The predicted octanol–water partition coefficient (Wildman–Crippen LogP) is 5.23. The molecule has 0 aliphatic rings. The topological polar surface area (TPSA) is 68.0 Å². The summed E-state index contributed by atoms with van der Waals surface area (Å²) in [5.74, 6) is 0.631. The number of carbonyl (C=O) groups excluding carboxylic acids is 1. The molecule has 0 unspecified atom stereocenters. The summed E-state index contributed by atoms with van der Waals surface area (Å²) in [6, 6.07) is 14.7. The van der Waals surface area contributed by atoms with Gasteiger partial charge in [-0.1, -0.05) is 47.4 Å². The second-order valence-corrected chi connectivity index (χ2v) is 7.80. The number of amides is 1. The van der Waals surface area contributed by atoms with Crippen LogP contribution >= 0.6 is 35.0 Å². The molecule has 0 bridgehead atoms. The van der Waals surface area contributed by atoms with Crippen molar-refractivity contribution >= 4 is 40.9 Å². The maximum absolute atomic E-state index is 12.5. The standard InChI is InChI=1S/C19H17Cl2N3O2S/c1-2-16(27-13-9-7-12(20)8-10-13)19(25)22-11-17-23-18(24-26-17)14-5-3-4-6-15(14)21/h3-10,16H,2,11H2,1H3,(H,22,25)/t16-/m0/s1. The maximum atomic E-state index is 12.5. The van der Waals surface area contributed by atoms with Crippen molar-refractivity contribution in [3.8, 4) is 11.4 Å². The van der Waals surface area contributed by atoms with Crippen LogP contribution in [0.4, 0.5) is 0 Å². The van der Waals surface area contributed by atoms with E-state index in [-0.39, 0.29) is 17.7 Å². The van der Waals surface area contributed by atoms with Crippen molar-refractivity contribution in [1.82, 2.24) is 15.5 Å². The second kappa shape index (κ2) is 9.26. The van der Waals surface area contributed by atoms with E-state index in [0.717, 1.165) is 4.90 Å². The number of carbonyl (C=O) groups is 1. The van der Waals surface area contributed by atoms with Crippen LogP contribution in [-0.4, -0.2) is 21.3 Å². The largest absolute Gasteiger partial charge is 0.346 e. The van der Waals surface area contributed by atoms with Gasteiger partial charge in [0.2, 0.25) is 17.6 Å². The first-order chi connectivity index (χ1) is 13.1. The van der Waals surface area contributed by atoms with Gasteiger partial charge in [-0.2, -0.15) is 4.98 Å². The van der Waals surface area contributed by atoms with Gasteiger partial charge in [-0.3, -0.25) is 4.79 Å². The summed E-state index contributed by atoms with van der Waals surface area (Å²) >= 11 is 13.5. The van der Waals surface area contributed by atoms with E-state index in [4.69, 9.17) is 27.7 Å². The average Bonchev–Trinajstić information content (AvgIpc) is 3.15. The smallest absolute Gasteiger partial charge is 0.246 e. The molecule has 27 heavy (non-hydrogen) atoms. The van der Waals surface area contributed by atoms with Crippen molar-refractivity contribution in [3.63, 3.8) is 0 Å². The van der Waals surface area contributed by atoms with Crippen LogP contribution in [0.25, 0.3) is 11.4 Å². The zero-order chi connectivity index (χ0) is 19.2. The lowest BCUT2D eigenvalue weighted by molar-refractivity contribution is -0.120. The average molecular weight is 422 g/mol. The summed E-state index contributed by atoms with van der Waals surface area (Å²) in [7, 11) is 0. The Morgan fingerprint density at radius 1 is 1.19 bits per heavy atom. The highest BCUT2D eigenvalue weighted by Gasteiger charge is 2.19. The molecule has 3 rings (SSSR count). The lowest BCUT2D eigenvalue weighted by atomic mass is 10.2. The normalized spacial score (nSPS) is 12.0. The van der Waals surface area contributed by atoms with Gasteiger partial charge in [0.15, 0.2) is 0 Å². The van der Waals surface area contributed by atoms with Crippen molar-refractivity contribution < 1.29 is 9.32 Å². The molecule has 1 atom stereocenters. The Hall–Kier alpha value is -2.02. The van der Waals surface area contributed by atoms with Crippen molar-refractivity contribution in [2.75, 3.05) is 0 Å². The summed E-state index contributed by atoms with van der Waals surface area (Å²) in [4.78, 5) is 17.8. The molecule has 0 saturated carbocycles. The molecule has 0 aliphatic heterocycles. The van der Waals surface area contributed by atoms with Gasteiger partial charge in [0.25, 0.3) is 0 Å². The molecule has 2 aromatic carbocycles. The van der Waals surface area contributed by atoms with E-state index < -0.39 is 0 Å². The summed E-state index contributed by atoms with van der Waals surface area (Å²) < 4.78 is 5.21. The number of benzene rings is 2. The fourth-order valence-corrected chi connectivity index (χ4v) is 3.68. The lowest BCUT2D eigenvalue weighted by Gasteiger charge is -2.13. The highest BCUT2D eigenvalue weighted by Crippen LogP contribution is 2.27. The third kappa shape index (κ3) is 5.25. The van der Waals surface area contributed by atoms with E-state index in [1.54, 1.807) is 6.07 Å². The molecule has 0 fully saturated rings. The quantitative estimate of drug-likeness (QED) is 0.528. The van der Waals surface area contributed by atoms with Crippen LogP contribution in [0.3, 0.4) is 0 Å². The molecule has 0 spiro atoms. The number of thioether (sulfide) groups is 1. The number of nitrogens with zero attached hydrogens (tertiary/aromatic N) is 2. The van der Waals surface area contributed by atoms with Gasteiger partial charge in [-0.25, -0.2) is 0 Å². The number of hydrogen-bond donors (Lipinski definition) is 1. The molecule has 5 nitrogen and oxygen atoms in total. The first-order valence-electron chi connectivity index (χ1n) is 8.34. The summed E-state index contributed by atoms with van der Waals surface area (Å²) in [5.41, 5.74) is 0.685. The molecular weight excluding hydrogens is 405 g/mol. The summed E-state index contributed by atoms with van der Waals surface area (Å²) in [6.07, 6.45) is 0.688. The molecule has 8 heteroatoms. The third-order valence-corrected chi connectivity index (χ3v) is 5.71. The highest BCUT2D eigenvalue weighted by molar-refractivity contribution is 8.00. The Morgan fingerprint density at radius 2 is 1.93 bits per heavy atom. The van der Waals surface area contributed by atoms with E-state index in [1.807, 2.05) is 49.4 Å². The van der Waals surface area contributed by atoms with Crippen LogP contribution in [0.5, 0.6) is 0 Å². The highest BCUT2D eigenvalue weighted by atomic mass is 35.5. The fraction of sp³-hybridized carbons (Fsp3) is 0.211. The van der Waals surface area contributed by atoms with E-state index in [1.165, 1.54) is 11.8 Å². The van der Waals surface area contributed by atoms with Crippen LogP contribution < -0.4 is 5.32 Å². The Balaban J connectivity index is 1.59. The SMILES string of the molecule is CC[C@H](Sc1ccc(Cl)cc1)C(=O)NCc1nc(-c2ccccc2Cl)no1. The maximum Gasteiger partial charge on any atom is 0.246 e. The van der Waals surface area contributed by atoms with Crippen LogP contribution in [0.1, 0.15) is 19.2 Å². The van der Waals surface area contributed by atoms with E-state index in [2.05, 4.69) is 15.5 Å². The fourth-order valence-electron chi connectivity index (χ4n) is 2.35. The van der Waals surface area contributed by atoms with Crippen molar-refractivity contribution in [2.45, 2.75) is 30.0 Å². The van der Waals surface area contributed by atoms with E-state index >= 15 is 0 Å². The van der Waals surface area contributed by atoms with Gasteiger partial charge in [-0.05, 0) is 42.8 Å². The molecule has 1 amide bonds. The number of hydrogen-bond acceptors (Lipinski definition) is 5.